The van der Waals surface area contributed by atoms with Crippen molar-refractivity contribution >= 4 is 20.2 Å². The van der Waals surface area contributed by atoms with E-state index < -0.39 is 8.32 Å². The number of hydrogen-bond acceptors (Lipinski definition) is 5. The van der Waals surface area contributed by atoms with Crippen LogP contribution >= 0.6 is 0 Å². The van der Waals surface area contributed by atoms with E-state index in [4.69, 9.17) is 9.16 Å². The number of rotatable bonds is 5. The lowest BCUT2D eigenvalue weighted by molar-refractivity contribution is -0.128. The predicted molar refractivity (Wildman–Crippen MR) is 128 cm³/mol. The first-order valence-electron chi connectivity index (χ1n) is 11.4. The molecule has 0 aromatic heterocycles. The number of carbonyl (C=O) groups excluding carboxylic acids is 2. The Morgan fingerprint density at radius 2 is 1.72 bits per heavy atom. The Hall–Kier alpha value is -2.14. The number of carbonyl (C=O) groups is 2. The van der Waals surface area contributed by atoms with Crippen molar-refractivity contribution in [2.45, 2.75) is 70.4 Å². The molecule has 0 radical (unpaired) electrons. The standard InChI is InChI=1S/C25H36N2O4Si/c1-25(2,3)32(4,5)31-14-10-9-13-27-21-15-23(28)16-22(27)18-26(17-21)24(29)30-19-20-11-7-6-8-12-20/h6-8,11-12,21-22H,13-19H2,1-5H3. The van der Waals surface area contributed by atoms with E-state index in [2.05, 4.69) is 50.6 Å². The van der Waals surface area contributed by atoms with Crippen LogP contribution in [0.1, 0.15) is 39.2 Å². The van der Waals surface area contributed by atoms with Crippen LogP contribution in [0.5, 0.6) is 0 Å². The highest BCUT2D eigenvalue weighted by Gasteiger charge is 2.42. The van der Waals surface area contributed by atoms with Crippen LogP contribution in [0.25, 0.3) is 0 Å². The third kappa shape index (κ3) is 6.22. The fraction of sp³-hybridized carbons (Fsp3) is 0.600. The van der Waals surface area contributed by atoms with Crippen LogP contribution < -0.4 is 0 Å². The van der Waals surface area contributed by atoms with Gasteiger partial charge < -0.3 is 14.1 Å². The van der Waals surface area contributed by atoms with E-state index in [-0.39, 0.29) is 35.6 Å². The second kappa shape index (κ2) is 10.2. The molecule has 1 aromatic rings. The molecule has 0 spiro atoms. The summed E-state index contributed by atoms with van der Waals surface area (Å²) in [5.41, 5.74) is 0.963. The average Bonchev–Trinajstić information content (AvgIpc) is 2.71. The Labute approximate surface area is 193 Å². The maximum Gasteiger partial charge on any atom is 0.410 e. The third-order valence-corrected chi connectivity index (χ3v) is 11.4. The van der Waals surface area contributed by atoms with Crippen LogP contribution in [0, 0.1) is 11.8 Å². The SMILES string of the molecule is CC(C)(C)[Si](C)(C)OCC#CCN1C2CC(=O)CC1CN(C(=O)OCc1ccccc1)C2. The topological polar surface area (TPSA) is 59.1 Å². The summed E-state index contributed by atoms with van der Waals surface area (Å²) in [6.07, 6.45) is 0.606. The molecule has 2 bridgehead atoms. The number of amides is 1. The van der Waals surface area contributed by atoms with Crippen molar-refractivity contribution < 1.29 is 18.8 Å². The summed E-state index contributed by atoms with van der Waals surface area (Å²) in [6, 6.07) is 9.65. The van der Waals surface area contributed by atoms with Crippen molar-refractivity contribution in [3.05, 3.63) is 35.9 Å². The molecule has 2 aliphatic heterocycles. The first-order chi connectivity index (χ1) is 15.1. The van der Waals surface area contributed by atoms with E-state index in [1.165, 1.54) is 0 Å². The fourth-order valence-electron chi connectivity index (χ4n) is 3.91. The zero-order valence-corrected chi connectivity index (χ0v) is 21.0. The molecule has 1 aromatic carbocycles. The molecule has 174 valence electrons. The molecule has 6 nitrogen and oxygen atoms in total. The zero-order chi connectivity index (χ0) is 23.4. The normalized spacial score (nSPS) is 21.7. The minimum atomic E-state index is -1.80. The maximum atomic E-state index is 12.6. The smallest absolute Gasteiger partial charge is 0.410 e. The average molecular weight is 457 g/mol. The summed E-state index contributed by atoms with van der Waals surface area (Å²) in [5.74, 6) is 6.67. The lowest BCUT2D eigenvalue weighted by atomic mass is 9.90. The molecular weight excluding hydrogens is 420 g/mol. The number of ketones is 1. The van der Waals surface area contributed by atoms with E-state index in [1.54, 1.807) is 4.90 Å². The number of piperidine rings is 1. The van der Waals surface area contributed by atoms with Crippen molar-refractivity contribution in [2.24, 2.45) is 0 Å². The highest BCUT2D eigenvalue weighted by atomic mass is 28.4. The van der Waals surface area contributed by atoms with Crippen molar-refractivity contribution in [3.63, 3.8) is 0 Å². The van der Waals surface area contributed by atoms with Crippen LogP contribution in [-0.2, 0) is 20.6 Å². The van der Waals surface area contributed by atoms with Crippen LogP contribution in [0.15, 0.2) is 30.3 Å². The summed E-state index contributed by atoms with van der Waals surface area (Å²) < 4.78 is 11.6. The Bertz CT molecular complexity index is 851. The highest BCUT2D eigenvalue weighted by Crippen LogP contribution is 2.36. The Balaban J connectivity index is 1.53. The van der Waals surface area contributed by atoms with Gasteiger partial charge in [0.05, 0.1) is 13.2 Å². The summed E-state index contributed by atoms with van der Waals surface area (Å²) in [4.78, 5) is 28.8. The molecule has 7 heteroatoms. The lowest BCUT2D eigenvalue weighted by Crippen LogP contribution is -2.63. The van der Waals surface area contributed by atoms with Gasteiger partial charge in [0.2, 0.25) is 0 Å². The largest absolute Gasteiger partial charge is 0.445 e. The number of ether oxygens (including phenoxy) is 1. The monoisotopic (exact) mass is 456 g/mol. The van der Waals surface area contributed by atoms with E-state index in [0.717, 1.165) is 5.56 Å². The number of Topliss-reactive ketones (excluding diaryl/α,β-unsaturated/α-hetero) is 1. The Morgan fingerprint density at radius 3 is 2.31 bits per heavy atom. The number of fused-ring (bicyclic) bond motifs is 2. The van der Waals surface area contributed by atoms with Gasteiger partial charge in [0.25, 0.3) is 0 Å². The van der Waals surface area contributed by atoms with Gasteiger partial charge in [-0.2, -0.15) is 0 Å². The zero-order valence-electron chi connectivity index (χ0n) is 20.0. The van der Waals surface area contributed by atoms with Gasteiger partial charge >= 0.3 is 6.09 Å². The molecule has 2 atom stereocenters. The summed E-state index contributed by atoms with van der Waals surface area (Å²) in [6.45, 7) is 13.4. The van der Waals surface area contributed by atoms with Gasteiger partial charge in [0.15, 0.2) is 8.32 Å². The first-order valence-corrected chi connectivity index (χ1v) is 14.3. The number of benzene rings is 1. The highest BCUT2D eigenvalue weighted by molar-refractivity contribution is 6.74. The van der Waals surface area contributed by atoms with Crippen molar-refractivity contribution in [1.29, 1.82) is 0 Å². The van der Waals surface area contributed by atoms with Gasteiger partial charge in [-0.25, -0.2) is 4.79 Å². The maximum absolute atomic E-state index is 12.6. The molecule has 3 rings (SSSR count). The molecule has 2 aliphatic rings. The van der Waals surface area contributed by atoms with Gasteiger partial charge in [-0.05, 0) is 23.7 Å². The van der Waals surface area contributed by atoms with Gasteiger partial charge in [-0.15, -0.1) is 0 Å². The predicted octanol–water partition coefficient (Wildman–Crippen LogP) is 4.07. The van der Waals surface area contributed by atoms with Crippen LogP contribution in [0.3, 0.4) is 0 Å². The number of likely N-dealkylation sites (tertiary alicyclic amines) is 1. The van der Waals surface area contributed by atoms with E-state index in [9.17, 15) is 9.59 Å². The summed E-state index contributed by atoms with van der Waals surface area (Å²) >= 11 is 0. The fourth-order valence-corrected chi connectivity index (χ4v) is 4.78. The second-order valence-corrected chi connectivity index (χ2v) is 15.1. The molecule has 2 unspecified atom stereocenters. The minimum absolute atomic E-state index is 0.00474. The molecule has 32 heavy (non-hydrogen) atoms. The summed E-state index contributed by atoms with van der Waals surface area (Å²) in [5, 5.41) is 0.164. The van der Waals surface area contributed by atoms with Gasteiger partial charge in [-0.1, -0.05) is 62.9 Å². The van der Waals surface area contributed by atoms with E-state index in [1.807, 2.05) is 30.3 Å². The minimum Gasteiger partial charge on any atom is -0.445 e. The second-order valence-electron chi connectivity index (χ2n) is 10.3. The van der Waals surface area contributed by atoms with Gasteiger partial charge in [0, 0.05) is 38.0 Å². The van der Waals surface area contributed by atoms with Crippen LogP contribution in [-0.4, -0.2) is 68.3 Å². The summed E-state index contributed by atoms with van der Waals surface area (Å²) in [7, 11) is -1.80. The van der Waals surface area contributed by atoms with Crippen molar-refractivity contribution in [3.8, 4) is 11.8 Å². The Kier molecular flexibility index (Phi) is 7.81. The van der Waals surface area contributed by atoms with E-state index in [0.29, 0.717) is 39.1 Å². The molecule has 1 amide bonds. The molecule has 0 N–H and O–H groups in total. The molecule has 0 aliphatic carbocycles. The van der Waals surface area contributed by atoms with Gasteiger partial charge in [-0.3, -0.25) is 9.69 Å². The molecule has 0 saturated carbocycles. The number of nitrogens with zero attached hydrogens (tertiary/aromatic N) is 2. The first kappa shape index (κ1) is 24.5. The lowest BCUT2D eigenvalue weighted by Gasteiger charge is -2.48. The molecule has 2 heterocycles. The van der Waals surface area contributed by atoms with E-state index >= 15 is 0 Å². The quantitative estimate of drug-likeness (QED) is 0.494. The number of hydrogen-bond donors (Lipinski definition) is 0. The van der Waals surface area contributed by atoms with Crippen LogP contribution in [0.2, 0.25) is 18.1 Å². The van der Waals surface area contributed by atoms with Crippen molar-refractivity contribution in [1.82, 2.24) is 9.80 Å². The third-order valence-electron chi connectivity index (χ3n) is 6.89. The Morgan fingerprint density at radius 1 is 1.09 bits per heavy atom. The number of piperazine rings is 1. The molecule has 2 saturated heterocycles. The molecule has 2 fully saturated rings. The van der Waals surface area contributed by atoms with Gasteiger partial charge in [0.1, 0.15) is 12.4 Å². The van der Waals surface area contributed by atoms with Crippen LogP contribution in [0.4, 0.5) is 4.79 Å². The molecular formula is C25H36N2O4Si. The van der Waals surface area contributed by atoms with Crippen molar-refractivity contribution in [2.75, 3.05) is 26.2 Å².